The zero-order valence-corrected chi connectivity index (χ0v) is 15.1. The largest absolute Gasteiger partial charge is 0.508 e. The number of hydrogen-bond acceptors (Lipinski definition) is 4. The Hall–Kier alpha value is -3.40. The number of ether oxygens (including phenoxy) is 1. The van der Waals surface area contributed by atoms with E-state index in [1.165, 1.54) is 7.11 Å². The van der Waals surface area contributed by atoms with Crippen LogP contribution in [0.2, 0.25) is 0 Å². The number of methoxy groups -OCH3 is 1. The maximum atomic E-state index is 12.4. The minimum Gasteiger partial charge on any atom is -0.508 e. The van der Waals surface area contributed by atoms with Crippen molar-refractivity contribution in [3.63, 3.8) is 0 Å². The third-order valence-electron chi connectivity index (χ3n) is 4.22. The van der Waals surface area contributed by atoms with Crippen molar-refractivity contribution < 1.29 is 14.6 Å². The van der Waals surface area contributed by atoms with Crippen molar-refractivity contribution in [3.8, 4) is 5.75 Å². The number of aliphatic imine (C=N–C) groups is 1. The number of phenols is 1. The first-order chi connectivity index (χ1) is 13.2. The van der Waals surface area contributed by atoms with Gasteiger partial charge in [-0.2, -0.15) is 0 Å². The smallest absolute Gasteiger partial charge is 0.330 e. The fourth-order valence-electron chi connectivity index (χ4n) is 2.84. The van der Waals surface area contributed by atoms with Crippen LogP contribution >= 0.6 is 0 Å². The van der Waals surface area contributed by atoms with Gasteiger partial charge in [0, 0.05) is 17.5 Å². The summed E-state index contributed by atoms with van der Waals surface area (Å²) in [6.07, 6.45) is 0.385. The van der Waals surface area contributed by atoms with Gasteiger partial charge in [0.1, 0.15) is 5.75 Å². The highest BCUT2D eigenvalue weighted by atomic mass is 16.5. The molecule has 0 fully saturated rings. The Balaban J connectivity index is 2.02. The third kappa shape index (κ3) is 4.82. The molecule has 0 aliphatic rings. The fourth-order valence-corrected chi connectivity index (χ4v) is 2.84. The Bertz CT molecular complexity index is 862. The molecule has 1 N–H and O–H groups in total. The predicted molar refractivity (Wildman–Crippen MR) is 106 cm³/mol. The number of benzene rings is 3. The van der Waals surface area contributed by atoms with Crippen molar-refractivity contribution in [1.29, 1.82) is 0 Å². The van der Waals surface area contributed by atoms with Crippen LogP contribution in [0.3, 0.4) is 0 Å². The SMILES string of the molecule is COC(=O)[C@H](Cc1ccc(O)cc1)N=C(c1ccccc1)c1ccccc1. The second kappa shape index (κ2) is 8.81. The first-order valence-corrected chi connectivity index (χ1v) is 8.72. The average molecular weight is 359 g/mol. The Kier molecular flexibility index (Phi) is 6.00. The maximum Gasteiger partial charge on any atom is 0.330 e. The molecule has 0 aliphatic heterocycles. The Labute approximate surface area is 158 Å². The van der Waals surface area contributed by atoms with Crippen LogP contribution in [0.5, 0.6) is 5.75 Å². The van der Waals surface area contributed by atoms with Gasteiger partial charge in [0.2, 0.25) is 0 Å². The Morgan fingerprint density at radius 1 is 0.889 bits per heavy atom. The summed E-state index contributed by atoms with van der Waals surface area (Å²) in [6.45, 7) is 0. The molecule has 0 aromatic heterocycles. The molecule has 3 rings (SSSR count). The molecular formula is C23H21NO3. The predicted octanol–water partition coefficient (Wildman–Crippen LogP) is 4.01. The van der Waals surface area contributed by atoms with Gasteiger partial charge in [0.25, 0.3) is 0 Å². The molecular weight excluding hydrogens is 338 g/mol. The lowest BCUT2D eigenvalue weighted by molar-refractivity contribution is -0.142. The van der Waals surface area contributed by atoms with Gasteiger partial charge in [-0.3, -0.25) is 4.99 Å². The summed E-state index contributed by atoms with van der Waals surface area (Å²) < 4.78 is 4.99. The lowest BCUT2D eigenvalue weighted by Crippen LogP contribution is -2.25. The van der Waals surface area contributed by atoms with E-state index in [0.717, 1.165) is 22.4 Å². The van der Waals surface area contributed by atoms with Gasteiger partial charge in [-0.05, 0) is 17.7 Å². The van der Waals surface area contributed by atoms with Crippen LogP contribution in [-0.2, 0) is 16.0 Å². The van der Waals surface area contributed by atoms with Crippen LogP contribution in [0.15, 0.2) is 89.9 Å². The second-order valence-corrected chi connectivity index (χ2v) is 6.12. The second-order valence-electron chi connectivity index (χ2n) is 6.12. The zero-order chi connectivity index (χ0) is 19.1. The fraction of sp³-hybridized carbons (Fsp3) is 0.130. The van der Waals surface area contributed by atoms with Crippen LogP contribution in [0, 0.1) is 0 Å². The van der Waals surface area contributed by atoms with Crippen molar-refractivity contribution in [1.82, 2.24) is 0 Å². The summed E-state index contributed by atoms with van der Waals surface area (Å²) in [5.41, 5.74) is 3.50. The van der Waals surface area contributed by atoms with Gasteiger partial charge in [-0.1, -0.05) is 72.8 Å². The number of nitrogens with zero attached hydrogens (tertiary/aromatic N) is 1. The van der Waals surface area contributed by atoms with Crippen molar-refractivity contribution in [2.24, 2.45) is 4.99 Å². The maximum absolute atomic E-state index is 12.4. The molecule has 0 saturated carbocycles. The summed E-state index contributed by atoms with van der Waals surface area (Å²) >= 11 is 0. The lowest BCUT2D eigenvalue weighted by atomic mass is 10.0. The Morgan fingerprint density at radius 2 is 1.41 bits per heavy atom. The van der Waals surface area contributed by atoms with Gasteiger partial charge in [-0.25, -0.2) is 4.79 Å². The van der Waals surface area contributed by atoms with E-state index < -0.39 is 12.0 Å². The van der Waals surface area contributed by atoms with E-state index >= 15 is 0 Å². The molecule has 0 bridgehead atoms. The molecule has 3 aromatic carbocycles. The van der Waals surface area contributed by atoms with Crippen LogP contribution in [0.4, 0.5) is 0 Å². The molecule has 1 atom stereocenters. The molecule has 0 saturated heterocycles. The van der Waals surface area contributed by atoms with Gasteiger partial charge in [0.15, 0.2) is 6.04 Å². The summed E-state index contributed by atoms with van der Waals surface area (Å²) in [6, 6.07) is 25.6. The quantitative estimate of drug-likeness (QED) is 0.534. The van der Waals surface area contributed by atoms with Crippen LogP contribution in [0.25, 0.3) is 0 Å². The van der Waals surface area contributed by atoms with E-state index in [9.17, 15) is 9.90 Å². The van der Waals surface area contributed by atoms with Gasteiger partial charge >= 0.3 is 5.97 Å². The molecule has 4 heteroatoms. The topological polar surface area (TPSA) is 58.9 Å². The number of phenolic OH excluding ortho intramolecular Hbond substituents is 1. The van der Waals surface area contributed by atoms with Crippen LogP contribution in [-0.4, -0.2) is 29.9 Å². The van der Waals surface area contributed by atoms with E-state index in [0.29, 0.717) is 6.42 Å². The number of aromatic hydroxyl groups is 1. The highest BCUT2D eigenvalue weighted by molar-refractivity contribution is 6.13. The number of hydrogen-bond donors (Lipinski definition) is 1. The highest BCUT2D eigenvalue weighted by Gasteiger charge is 2.21. The number of esters is 1. The first kappa shape index (κ1) is 18.4. The third-order valence-corrected chi connectivity index (χ3v) is 4.22. The number of carbonyl (C=O) groups excluding carboxylic acids is 1. The molecule has 0 spiro atoms. The van der Waals surface area contributed by atoms with Gasteiger partial charge < -0.3 is 9.84 Å². The van der Waals surface area contributed by atoms with Crippen LogP contribution in [0.1, 0.15) is 16.7 Å². The van der Waals surface area contributed by atoms with Crippen LogP contribution < -0.4 is 0 Å². The molecule has 0 aliphatic carbocycles. The highest BCUT2D eigenvalue weighted by Crippen LogP contribution is 2.17. The molecule has 0 radical (unpaired) electrons. The van der Waals surface area contributed by atoms with Gasteiger partial charge in [0.05, 0.1) is 12.8 Å². The molecule has 27 heavy (non-hydrogen) atoms. The van der Waals surface area contributed by atoms with Crippen molar-refractivity contribution in [2.75, 3.05) is 7.11 Å². The number of carbonyl (C=O) groups is 1. The average Bonchev–Trinajstić information content (AvgIpc) is 2.73. The minimum atomic E-state index is -0.685. The first-order valence-electron chi connectivity index (χ1n) is 8.72. The molecule has 136 valence electrons. The Morgan fingerprint density at radius 3 is 1.89 bits per heavy atom. The summed E-state index contributed by atoms with van der Waals surface area (Å²) in [5.74, 6) is -0.210. The van der Waals surface area contributed by atoms with E-state index in [-0.39, 0.29) is 5.75 Å². The van der Waals surface area contributed by atoms with Crippen molar-refractivity contribution in [3.05, 3.63) is 102 Å². The van der Waals surface area contributed by atoms with Crippen molar-refractivity contribution in [2.45, 2.75) is 12.5 Å². The van der Waals surface area contributed by atoms with Crippen molar-refractivity contribution >= 4 is 11.7 Å². The summed E-state index contributed by atoms with van der Waals surface area (Å²) in [7, 11) is 1.37. The van der Waals surface area contributed by atoms with E-state index in [1.54, 1.807) is 24.3 Å². The molecule has 0 unspecified atom stereocenters. The van der Waals surface area contributed by atoms with E-state index in [4.69, 9.17) is 9.73 Å². The normalized spacial score (nSPS) is 11.4. The molecule has 0 heterocycles. The van der Waals surface area contributed by atoms with Gasteiger partial charge in [-0.15, -0.1) is 0 Å². The monoisotopic (exact) mass is 359 g/mol. The lowest BCUT2D eigenvalue weighted by Gasteiger charge is -2.15. The minimum absolute atomic E-state index is 0.186. The summed E-state index contributed by atoms with van der Waals surface area (Å²) in [4.78, 5) is 17.2. The zero-order valence-electron chi connectivity index (χ0n) is 15.1. The summed E-state index contributed by atoms with van der Waals surface area (Å²) in [5, 5.41) is 9.47. The molecule has 0 amide bonds. The number of rotatable bonds is 6. The molecule has 4 nitrogen and oxygen atoms in total. The molecule has 3 aromatic rings. The van der Waals surface area contributed by atoms with E-state index in [2.05, 4.69) is 0 Å². The standard InChI is InChI=1S/C23H21NO3/c1-27-23(26)21(16-17-12-14-20(25)15-13-17)24-22(18-8-4-2-5-9-18)19-10-6-3-7-11-19/h2-15,21,25H,16H2,1H3/t21-/m0/s1. The van der Waals surface area contributed by atoms with E-state index in [1.807, 2.05) is 60.7 Å².